The Morgan fingerprint density at radius 1 is 1.19 bits per heavy atom. The summed E-state index contributed by atoms with van der Waals surface area (Å²) in [4.78, 5) is 8.81. The van der Waals surface area contributed by atoms with E-state index in [4.69, 9.17) is 22.9 Å². The quantitative estimate of drug-likeness (QED) is 0.331. The monoisotopic (exact) mass is 543 g/mol. The molecule has 10 heteroatoms. The van der Waals surface area contributed by atoms with Gasteiger partial charge in [-0.15, -0.1) is 0 Å². The normalized spacial score (nSPS) is 36.8. The van der Waals surface area contributed by atoms with E-state index in [0.717, 1.165) is 56.6 Å². The molecule has 1 aromatic heterocycles. The fourth-order valence-corrected chi connectivity index (χ4v) is 9.64. The van der Waals surface area contributed by atoms with Gasteiger partial charge < -0.3 is 10.8 Å². The van der Waals surface area contributed by atoms with E-state index in [1.165, 1.54) is 48.4 Å². The minimum atomic E-state index is 0.156. The van der Waals surface area contributed by atoms with Crippen LogP contribution in [0.2, 0.25) is 0 Å². The SMILES string of the molecule is C[C@]12CCc3nc(NN4CCN(CCO)CC4)sc3C1=CC[C@@H]1[C@@H]2CC[C@]2(C)/C(=N/NC(N)=S)CC[C@@H]12. The molecule has 0 aromatic carbocycles. The molecular weight excluding hydrogens is 502 g/mol. The lowest BCUT2D eigenvalue weighted by molar-refractivity contribution is 0.0116. The van der Waals surface area contributed by atoms with Crippen LogP contribution in [0.4, 0.5) is 5.13 Å². The van der Waals surface area contributed by atoms with Crippen LogP contribution in [0.25, 0.3) is 5.57 Å². The van der Waals surface area contributed by atoms with Crippen LogP contribution in [0.5, 0.6) is 0 Å². The summed E-state index contributed by atoms with van der Waals surface area (Å²) in [5.74, 6) is 2.12. The van der Waals surface area contributed by atoms with Crippen LogP contribution in [0.15, 0.2) is 11.2 Å². The molecule has 5 N–H and O–H groups in total. The Morgan fingerprint density at radius 2 is 1.97 bits per heavy atom. The van der Waals surface area contributed by atoms with Gasteiger partial charge in [-0.1, -0.05) is 31.3 Å². The molecule has 8 nitrogen and oxygen atoms in total. The predicted molar refractivity (Wildman–Crippen MR) is 154 cm³/mol. The van der Waals surface area contributed by atoms with Crippen molar-refractivity contribution in [2.45, 2.75) is 58.8 Å². The number of allylic oxidation sites excluding steroid dienone is 2. The highest BCUT2D eigenvalue weighted by Gasteiger charge is 2.58. The first-order valence-corrected chi connectivity index (χ1v) is 15.2. The van der Waals surface area contributed by atoms with E-state index in [1.807, 2.05) is 11.3 Å². The van der Waals surface area contributed by atoms with E-state index >= 15 is 0 Å². The average Bonchev–Trinajstić information content (AvgIpc) is 3.43. The minimum absolute atomic E-state index is 0.156. The van der Waals surface area contributed by atoms with Gasteiger partial charge in [0.05, 0.1) is 17.2 Å². The number of fused-ring (bicyclic) bond motifs is 7. The van der Waals surface area contributed by atoms with Crippen molar-refractivity contribution in [3.63, 3.8) is 0 Å². The van der Waals surface area contributed by atoms with Crippen molar-refractivity contribution in [2.75, 3.05) is 44.8 Å². The number of thiocarbonyl (C=S) groups is 1. The number of rotatable bonds is 5. The number of aromatic nitrogens is 1. The highest BCUT2D eigenvalue weighted by Crippen LogP contribution is 2.65. The van der Waals surface area contributed by atoms with E-state index < -0.39 is 0 Å². The summed E-state index contributed by atoms with van der Waals surface area (Å²) in [6.45, 7) is 9.84. The van der Waals surface area contributed by atoms with Crippen LogP contribution in [-0.2, 0) is 6.42 Å². The Kier molecular flexibility index (Phi) is 6.84. The number of nitrogens with zero attached hydrogens (tertiary/aromatic N) is 4. The van der Waals surface area contributed by atoms with Crippen molar-refractivity contribution in [1.82, 2.24) is 20.3 Å². The summed E-state index contributed by atoms with van der Waals surface area (Å²) in [5.41, 5.74) is 16.7. The van der Waals surface area contributed by atoms with Crippen LogP contribution < -0.4 is 16.6 Å². The molecule has 2 heterocycles. The lowest BCUT2D eigenvalue weighted by Gasteiger charge is -2.56. The smallest absolute Gasteiger partial charge is 0.198 e. The Labute approximate surface area is 229 Å². The maximum atomic E-state index is 9.21. The van der Waals surface area contributed by atoms with Crippen molar-refractivity contribution in [3.05, 3.63) is 16.6 Å². The molecule has 0 bridgehead atoms. The Bertz CT molecular complexity index is 1110. The van der Waals surface area contributed by atoms with E-state index in [1.54, 1.807) is 5.57 Å². The minimum Gasteiger partial charge on any atom is -0.395 e. The van der Waals surface area contributed by atoms with Gasteiger partial charge in [0.2, 0.25) is 0 Å². The summed E-state index contributed by atoms with van der Waals surface area (Å²) >= 11 is 6.86. The third-order valence-electron chi connectivity index (χ3n) is 10.4. The summed E-state index contributed by atoms with van der Waals surface area (Å²) in [6.07, 6.45) is 10.8. The van der Waals surface area contributed by atoms with Crippen molar-refractivity contribution >= 4 is 45.1 Å². The number of nitrogens with one attached hydrogen (secondary N) is 2. The van der Waals surface area contributed by atoms with E-state index in [9.17, 15) is 5.11 Å². The molecule has 3 fully saturated rings. The third kappa shape index (κ3) is 4.42. The topological polar surface area (TPSA) is 102 Å². The van der Waals surface area contributed by atoms with Crippen LogP contribution in [0, 0.1) is 28.6 Å². The van der Waals surface area contributed by atoms with Crippen LogP contribution in [-0.4, -0.2) is 70.2 Å². The zero-order valence-corrected chi connectivity index (χ0v) is 23.8. The molecule has 202 valence electrons. The molecule has 1 saturated heterocycles. The molecule has 1 aliphatic heterocycles. The summed E-state index contributed by atoms with van der Waals surface area (Å²) < 4.78 is 0. The summed E-state index contributed by atoms with van der Waals surface area (Å²) in [7, 11) is 0. The van der Waals surface area contributed by atoms with Gasteiger partial charge in [0.15, 0.2) is 10.2 Å². The molecule has 1 aromatic rings. The van der Waals surface area contributed by atoms with Gasteiger partial charge >= 0.3 is 0 Å². The van der Waals surface area contributed by atoms with Gasteiger partial charge in [-0.2, -0.15) is 5.10 Å². The summed E-state index contributed by atoms with van der Waals surface area (Å²) in [5, 5.41) is 17.4. The van der Waals surface area contributed by atoms with Crippen molar-refractivity contribution in [1.29, 1.82) is 0 Å². The predicted octanol–water partition coefficient (Wildman–Crippen LogP) is 3.45. The standard InChI is InChI=1S/C27H41N7OS2/c1-26-10-8-21-23(37-25(29-21)32-34-13-11-33(12-14-34)15-16-35)20(26)4-3-17-18-5-6-22(30-31-24(28)36)27(18,2)9-7-19(17)26/h4,17-19,35H,3,5-16H2,1-2H3,(H,29,32)(H3,28,31,36)/b30-22+/t17-,18-,19-,26+,27-/m0/s1. The zero-order valence-electron chi connectivity index (χ0n) is 22.1. The average molecular weight is 544 g/mol. The maximum Gasteiger partial charge on any atom is 0.198 e. The van der Waals surface area contributed by atoms with Gasteiger partial charge in [-0.25, -0.2) is 9.99 Å². The molecule has 2 saturated carbocycles. The number of hydrogen-bond donors (Lipinski definition) is 4. The lowest BCUT2D eigenvalue weighted by atomic mass is 9.48. The Morgan fingerprint density at radius 3 is 2.73 bits per heavy atom. The third-order valence-corrected chi connectivity index (χ3v) is 11.5. The first kappa shape index (κ1) is 25.7. The molecule has 4 aliphatic carbocycles. The highest BCUT2D eigenvalue weighted by molar-refractivity contribution is 7.80. The fraction of sp³-hybridized carbons (Fsp3) is 0.741. The number of hydrazine groups is 1. The number of aliphatic hydroxyl groups is 1. The van der Waals surface area contributed by atoms with Crippen molar-refractivity contribution in [2.24, 2.45) is 39.4 Å². The van der Waals surface area contributed by atoms with Gasteiger partial charge in [0.1, 0.15) is 0 Å². The summed E-state index contributed by atoms with van der Waals surface area (Å²) in [6, 6.07) is 0. The second kappa shape index (κ2) is 9.86. The van der Waals surface area contributed by atoms with Gasteiger partial charge in [0, 0.05) is 43.9 Å². The van der Waals surface area contributed by atoms with E-state index in [-0.39, 0.29) is 22.5 Å². The molecule has 0 spiro atoms. The number of piperazine rings is 1. The van der Waals surface area contributed by atoms with Crippen molar-refractivity contribution in [3.8, 4) is 0 Å². The molecule has 5 aliphatic rings. The van der Waals surface area contributed by atoms with Gasteiger partial charge in [0.25, 0.3) is 0 Å². The van der Waals surface area contributed by atoms with Crippen LogP contribution in [0.3, 0.4) is 0 Å². The molecule has 0 amide bonds. The fourth-order valence-electron chi connectivity index (χ4n) is 8.38. The molecule has 6 rings (SSSR count). The van der Waals surface area contributed by atoms with Crippen molar-refractivity contribution < 1.29 is 5.11 Å². The number of β-amino-alcohol motifs (C(OH)–C–C–N with tert-alkyl or cyclic N) is 1. The zero-order chi connectivity index (χ0) is 25.8. The largest absolute Gasteiger partial charge is 0.395 e. The second-order valence-corrected chi connectivity index (χ2v) is 13.6. The maximum absolute atomic E-state index is 9.21. The highest BCUT2D eigenvalue weighted by atomic mass is 32.1. The molecule has 0 radical (unpaired) electrons. The number of nitrogens with two attached hydrogens (primary N) is 1. The Hall–Kier alpha value is -1.59. The molecule has 5 atom stereocenters. The number of aryl methyl sites for hydroxylation is 1. The molecular formula is C27H41N7OS2. The number of anilines is 1. The van der Waals surface area contributed by atoms with E-state index in [2.05, 4.69) is 45.8 Å². The number of thiazole rings is 1. The molecule has 37 heavy (non-hydrogen) atoms. The van der Waals surface area contributed by atoms with Gasteiger partial charge in [-0.05, 0) is 85.9 Å². The van der Waals surface area contributed by atoms with Crippen LogP contribution in [0.1, 0.15) is 62.9 Å². The van der Waals surface area contributed by atoms with Crippen LogP contribution >= 0.6 is 23.6 Å². The number of hydrazone groups is 1. The first-order valence-electron chi connectivity index (χ1n) is 14.0. The second-order valence-electron chi connectivity index (χ2n) is 12.1. The number of hydrogen-bond acceptors (Lipinski definition) is 8. The number of aliphatic hydroxyl groups excluding tert-OH is 1. The molecule has 0 unspecified atom stereocenters. The first-order chi connectivity index (χ1) is 17.8. The Balaban J connectivity index is 1.20. The van der Waals surface area contributed by atoms with Gasteiger partial charge in [-0.3, -0.25) is 15.8 Å². The van der Waals surface area contributed by atoms with E-state index in [0.29, 0.717) is 11.8 Å². The lowest BCUT2D eigenvalue weighted by Crippen LogP contribution is -2.49.